The molecular formula is C17H22O3. The number of esters is 1. The van der Waals surface area contributed by atoms with Crippen molar-refractivity contribution >= 4 is 11.8 Å². The molecule has 0 heterocycles. The molecule has 1 fully saturated rings. The SMILES string of the molecule is CC(=O)OCCc1ccc(C(=O)C2CCCCC2)cc1. The van der Waals surface area contributed by atoms with Crippen LogP contribution in [0.4, 0.5) is 0 Å². The molecule has 1 aromatic rings. The number of ether oxygens (including phenoxy) is 1. The van der Waals surface area contributed by atoms with Gasteiger partial charge in [0.2, 0.25) is 0 Å². The molecule has 0 amide bonds. The summed E-state index contributed by atoms with van der Waals surface area (Å²) < 4.78 is 4.91. The van der Waals surface area contributed by atoms with Gasteiger partial charge in [-0.05, 0) is 18.4 Å². The van der Waals surface area contributed by atoms with Gasteiger partial charge >= 0.3 is 5.97 Å². The maximum absolute atomic E-state index is 12.3. The van der Waals surface area contributed by atoms with Crippen LogP contribution in [0.15, 0.2) is 24.3 Å². The zero-order valence-corrected chi connectivity index (χ0v) is 12.1. The van der Waals surface area contributed by atoms with E-state index in [0.29, 0.717) is 13.0 Å². The van der Waals surface area contributed by atoms with E-state index in [0.717, 1.165) is 24.0 Å². The molecule has 0 N–H and O–H groups in total. The molecule has 0 bridgehead atoms. The van der Waals surface area contributed by atoms with Gasteiger partial charge in [0.1, 0.15) is 0 Å². The number of carbonyl (C=O) groups excluding carboxylic acids is 2. The van der Waals surface area contributed by atoms with Crippen molar-refractivity contribution in [3.8, 4) is 0 Å². The molecule has 1 saturated carbocycles. The smallest absolute Gasteiger partial charge is 0.302 e. The number of benzene rings is 1. The van der Waals surface area contributed by atoms with E-state index in [1.807, 2.05) is 24.3 Å². The molecule has 108 valence electrons. The van der Waals surface area contributed by atoms with E-state index >= 15 is 0 Å². The molecule has 1 aliphatic rings. The zero-order chi connectivity index (χ0) is 14.4. The van der Waals surface area contributed by atoms with Crippen molar-refractivity contribution in [2.75, 3.05) is 6.61 Å². The van der Waals surface area contributed by atoms with Gasteiger partial charge in [-0.2, -0.15) is 0 Å². The summed E-state index contributed by atoms with van der Waals surface area (Å²) in [6, 6.07) is 7.72. The van der Waals surface area contributed by atoms with Gasteiger partial charge in [0.05, 0.1) is 6.61 Å². The summed E-state index contributed by atoms with van der Waals surface area (Å²) >= 11 is 0. The highest BCUT2D eigenvalue weighted by Gasteiger charge is 2.21. The lowest BCUT2D eigenvalue weighted by atomic mass is 9.84. The summed E-state index contributed by atoms with van der Waals surface area (Å²) in [7, 11) is 0. The van der Waals surface area contributed by atoms with Crippen molar-refractivity contribution in [3.63, 3.8) is 0 Å². The highest BCUT2D eigenvalue weighted by atomic mass is 16.5. The van der Waals surface area contributed by atoms with Crippen molar-refractivity contribution < 1.29 is 14.3 Å². The number of hydrogen-bond donors (Lipinski definition) is 0. The number of hydrogen-bond acceptors (Lipinski definition) is 3. The molecule has 0 saturated heterocycles. The van der Waals surface area contributed by atoms with Crippen LogP contribution < -0.4 is 0 Å². The van der Waals surface area contributed by atoms with Crippen LogP contribution in [0.5, 0.6) is 0 Å². The van der Waals surface area contributed by atoms with Crippen LogP contribution in [0, 0.1) is 5.92 Å². The second-order valence-electron chi connectivity index (χ2n) is 5.49. The van der Waals surface area contributed by atoms with Crippen LogP contribution >= 0.6 is 0 Å². The van der Waals surface area contributed by atoms with E-state index in [1.54, 1.807) is 0 Å². The van der Waals surface area contributed by atoms with Crippen molar-refractivity contribution in [2.24, 2.45) is 5.92 Å². The third-order valence-electron chi connectivity index (χ3n) is 3.91. The first kappa shape index (κ1) is 14.8. The number of carbonyl (C=O) groups is 2. The molecule has 1 aromatic carbocycles. The fourth-order valence-corrected chi connectivity index (χ4v) is 2.75. The highest BCUT2D eigenvalue weighted by molar-refractivity contribution is 5.97. The summed E-state index contributed by atoms with van der Waals surface area (Å²) in [6.07, 6.45) is 6.38. The van der Waals surface area contributed by atoms with Crippen molar-refractivity contribution in [2.45, 2.75) is 45.4 Å². The Balaban J connectivity index is 1.90. The standard InChI is InChI=1S/C17H22O3/c1-13(18)20-12-11-14-7-9-16(10-8-14)17(19)15-5-3-2-4-6-15/h7-10,15H,2-6,11-12H2,1H3. The fraction of sp³-hybridized carbons (Fsp3) is 0.529. The van der Waals surface area contributed by atoms with E-state index in [9.17, 15) is 9.59 Å². The molecule has 0 aliphatic heterocycles. The quantitative estimate of drug-likeness (QED) is 0.609. The molecule has 0 unspecified atom stereocenters. The molecular weight excluding hydrogens is 252 g/mol. The Bertz CT molecular complexity index is 456. The van der Waals surface area contributed by atoms with Gasteiger partial charge in [-0.1, -0.05) is 43.5 Å². The molecule has 3 heteroatoms. The molecule has 0 radical (unpaired) electrons. The van der Waals surface area contributed by atoms with Crippen LogP contribution in [0.2, 0.25) is 0 Å². The van der Waals surface area contributed by atoms with Gasteiger partial charge in [-0.3, -0.25) is 9.59 Å². The molecule has 0 atom stereocenters. The Morgan fingerprint density at radius 2 is 1.75 bits per heavy atom. The van der Waals surface area contributed by atoms with E-state index in [-0.39, 0.29) is 17.7 Å². The first-order valence-electron chi connectivity index (χ1n) is 7.43. The van der Waals surface area contributed by atoms with Crippen molar-refractivity contribution in [3.05, 3.63) is 35.4 Å². The van der Waals surface area contributed by atoms with Crippen LogP contribution in [-0.2, 0) is 16.0 Å². The Hall–Kier alpha value is -1.64. The van der Waals surface area contributed by atoms with Crippen molar-refractivity contribution in [1.29, 1.82) is 0 Å². The molecule has 1 aliphatic carbocycles. The lowest BCUT2D eigenvalue weighted by Gasteiger charge is -2.20. The third kappa shape index (κ3) is 4.19. The van der Waals surface area contributed by atoms with E-state index in [1.165, 1.54) is 26.2 Å². The normalized spacial score (nSPS) is 15.8. The lowest BCUT2D eigenvalue weighted by molar-refractivity contribution is -0.140. The van der Waals surface area contributed by atoms with Gasteiger partial charge in [-0.15, -0.1) is 0 Å². The largest absolute Gasteiger partial charge is 0.466 e. The summed E-state index contributed by atoms with van der Waals surface area (Å²) in [5, 5.41) is 0. The molecule has 2 rings (SSSR count). The van der Waals surface area contributed by atoms with Crippen LogP contribution in [0.3, 0.4) is 0 Å². The average molecular weight is 274 g/mol. The first-order valence-corrected chi connectivity index (χ1v) is 7.43. The minimum absolute atomic E-state index is 0.218. The minimum atomic E-state index is -0.255. The number of ketones is 1. The first-order chi connectivity index (χ1) is 9.66. The van der Waals surface area contributed by atoms with Gasteiger partial charge in [0.25, 0.3) is 0 Å². The molecule has 20 heavy (non-hydrogen) atoms. The Morgan fingerprint density at radius 1 is 1.10 bits per heavy atom. The van der Waals surface area contributed by atoms with E-state index < -0.39 is 0 Å². The van der Waals surface area contributed by atoms with Gasteiger partial charge < -0.3 is 4.74 Å². The van der Waals surface area contributed by atoms with Crippen LogP contribution in [-0.4, -0.2) is 18.4 Å². The fourth-order valence-electron chi connectivity index (χ4n) is 2.75. The molecule has 0 spiro atoms. The molecule has 0 aromatic heterocycles. The summed E-state index contributed by atoms with van der Waals surface area (Å²) in [5.41, 5.74) is 1.90. The Morgan fingerprint density at radius 3 is 2.35 bits per heavy atom. The van der Waals surface area contributed by atoms with Gasteiger partial charge in [0.15, 0.2) is 5.78 Å². The van der Waals surface area contributed by atoms with Gasteiger partial charge in [0, 0.05) is 24.8 Å². The monoisotopic (exact) mass is 274 g/mol. The highest BCUT2D eigenvalue weighted by Crippen LogP contribution is 2.26. The topological polar surface area (TPSA) is 43.4 Å². The predicted octanol–water partition coefficient (Wildman–Crippen LogP) is 3.56. The maximum atomic E-state index is 12.3. The summed E-state index contributed by atoms with van der Waals surface area (Å²) in [6.45, 7) is 1.80. The second-order valence-corrected chi connectivity index (χ2v) is 5.49. The van der Waals surface area contributed by atoms with E-state index in [4.69, 9.17) is 4.74 Å². The van der Waals surface area contributed by atoms with Crippen LogP contribution in [0.25, 0.3) is 0 Å². The number of Topliss-reactive ketones (excluding diaryl/α,β-unsaturated/α-hetero) is 1. The maximum Gasteiger partial charge on any atom is 0.302 e. The minimum Gasteiger partial charge on any atom is -0.466 e. The second kappa shape index (κ2) is 7.22. The lowest BCUT2D eigenvalue weighted by Crippen LogP contribution is -2.17. The van der Waals surface area contributed by atoms with Crippen LogP contribution in [0.1, 0.15) is 54.9 Å². The zero-order valence-electron chi connectivity index (χ0n) is 12.1. The average Bonchev–Trinajstić information content (AvgIpc) is 2.48. The number of rotatable bonds is 5. The third-order valence-corrected chi connectivity index (χ3v) is 3.91. The van der Waals surface area contributed by atoms with E-state index in [2.05, 4.69) is 0 Å². The Labute approximate surface area is 120 Å². The Kier molecular flexibility index (Phi) is 5.33. The van der Waals surface area contributed by atoms with Crippen molar-refractivity contribution in [1.82, 2.24) is 0 Å². The summed E-state index contributed by atoms with van der Waals surface area (Å²) in [4.78, 5) is 23.0. The predicted molar refractivity (Wildman–Crippen MR) is 77.7 cm³/mol. The summed E-state index contributed by atoms with van der Waals surface area (Å²) in [5.74, 6) is 0.251. The van der Waals surface area contributed by atoms with Gasteiger partial charge in [-0.25, -0.2) is 0 Å². The molecule has 3 nitrogen and oxygen atoms in total.